The highest BCUT2D eigenvalue weighted by Gasteiger charge is 2.29. The molecule has 1 saturated heterocycles. The number of benzene rings is 1. The summed E-state index contributed by atoms with van der Waals surface area (Å²) in [5, 5.41) is 14.8. The average Bonchev–Trinajstić information content (AvgIpc) is 2.50. The number of nitrogen functional groups attached to an aromatic ring is 1. The lowest BCUT2D eigenvalue weighted by atomic mass is 9.91. The number of fused-ring (bicyclic) bond motifs is 1. The van der Waals surface area contributed by atoms with Gasteiger partial charge in [0.05, 0.1) is 28.7 Å². The number of aromatic nitrogens is 1. The largest absolute Gasteiger partial charge is 0.396 e. The summed E-state index contributed by atoms with van der Waals surface area (Å²) in [5.41, 5.74) is 7.86. The summed E-state index contributed by atoms with van der Waals surface area (Å²) in [6.45, 7) is 1.95. The van der Waals surface area contributed by atoms with E-state index in [9.17, 15) is 5.11 Å². The molecule has 2 heterocycles. The minimum absolute atomic E-state index is 0.622. The highest BCUT2D eigenvalue weighted by Crippen LogP contribution is 2.29. The zero-order valence-corrected chi connectivity index (χ0v) is 12.0. The molecule has 1 aliphatic heterocycles. The van der Waals surface area contributed by atoms with E-state index in [-0.39, 0.29) is 0 Å². The van der Waals surface area contributed by atoms with Gasteiger partial charge in [-0.2, -0.15) is 0 Å². The third-order valence-corrected chi connectivity index (χ3v) is 4.12. The minimum atomic E-state index is -0.622. The third-order valence-electron chi connectivity index (χ3n) is 4.12. The lowest BCUT2D eigenvalue weighted by molar-refractivity contribution is -0.0657. The van der Waals surface area contributed by atoms with Crippen molar-refractivity contribution < 1.29 is 9.84 Å². The van der Waals surface area contributed by atoms with E-state index < -0.39 is 5.60 Å². The Balaban J connectivity index is 1.72. The van der Waals surface area contributed by atoms with Crippen LogP contribution in [0.2, 0.25) is 0 Å². The smallest absolute Gasteiger partial charge is 0.0743 e. The molecule has 2 aromatic rings. The molecule has 5 heteroatoms. The molecule has 0 spiro atoms. The monoisotopic (exact) mass is 287 g/mol. The molecule has 0 atom stereocenters. The van der Waals surface area contributed by atoms with Gasteiger partial charge >= 0.3 is 0 Å². The Hall–Kier alpha value is -1.85. The molecule has 1 aliphatic rings. The van der Waals surface area contributed by atoms with Gasteiger partial charge in [-0.05, 0) is 25.3 Å². The Bertz CT molecular complexity index is 624. The first-order valence-corrected chi connectivity index (χ1v) is 7.35. The highest BCUT2D eigenvalue weighted by molar-refractivity contribution is 5.96. The van der Waals surface area contributed by atoms with Gasteiger partial charge in [0.15, 0.2) is 0 Å². The summed E-state index contributed by atoms with van der Waals surface area (Å²) >= 11 is 0. The Morgan fingerprint density at radius 2 is 2.05 bits per heavy atom. The van der Waals surface area contributed by atoms with Crippen LogP contribution in [0.1, 0.15) is 19.3 Å². The maximum Gasteiger partial charge on any atom is 0.0743 e. The lowest BCUT2D eigenvalue weighted by Gasteiger charge is -2.32. The number of nitrogens with two attached hydrogens (primary N) is 1. The molecule has 0 unspecified atom stereocenters. The van der Waals surface area contributed by atoms with E-state index in [1.54, 1.807) is 6.20 Å². The van der Waals surface area contributed by atoms with Crippen molar-refractivity contribution >= 4 is 22.3 Å². The molecule has 1 aromatic heterocycles. The van der Waals surface area contributed by atoms with Crippen LogP contribution in [0.5, 0.6) is 0 Å². The van der Waals surface area contributed by atoms with Crippen molar-refractivity contribution in [2.75, 3.05) is 30.8 Å². The fourth-order valence-electron chi connectivity index (χ4n) is 2.78. The molecular weight excluding hydrogens is 266 g/mol. The van der Waals surface area contributed by atoms with E-state index in [0.29, 0.717) is 44.7 Å². The molecular formula is C16H21N3O2. The van der Waals surface area contributed by atoms with Crippen LogP contribution in [-0.2, 0) is 4.74 Å². The first-order chi connectivity index (χ1) is 10.2. The molecule has 0 amide bonds. The normalized spacial score (nSPS) is 17.8. The molecule has 0 aliphatic carbocycles. The van der Waals surface area contributed by atoms with E-state index in [0.717, 1.165) is 16.6 Å². The first-order valence-electron chi connectivity index (χ1n) is 7.35. The van der Waals surface area contributed by atoms with Gasteiger partial charge in [-0.1, -0.05) is 18.2 Å². The van der Waals surface area contributed by atoms with Gasteiger partial charge < -0.3 is 20.9 Å². The Kier molecular flexibility index (Phi) is 3.94. The van der Waals surface area contributed by atoms with Crippen LogP contribution in [0.25, 0.3) is 10.9 Å². The number of nitrogens with zero attached hydrogens (tertiary/aromatic N) is 1. The second-order valence-corrected chi connectivity index (χ2v) is 5.62. The predicted molar refractivity (Wildman–Crippen MR) is 84.3 cm³/mol. The van der Waals surface area contributed by atoms with Crippen molar-refractivity contribution in [3.8, 4) is 0 Å². The Morgan fingerprint density at radius 3 is 2.86 bits per heavy atom. The number of ether oxygens (including phenoxy) is 1. The molecule has 21 heavy (non-hydrogen) atoms. The summed E-state index contributed by atoms with van der Waals surface area (Å²) < 4.78 is 5.30. The van der Waals surface area contributed by atoms with Gasteiger partial charge in [-0.3, -0.25) is 4.98 Å². The average molecular weight is 287 g/mol. The summed E-state index contributed by atoms with van der Waals surface area (Å²) in [7, 11) is 0. The molecule has 112 valence electrons. The fourth-order valence-corrected chi connectivity index (χ4v) is 2.78. The van der Waals surface area contributed by atoms with Gasteiger partial charge in [0.1, 0.15) is 0 Å². The van der Waals surface area contributed by atoms with Gasteiger partial charge in [-0.25, -0.2) is 0 Å². The summed E-state index contributed by atoms with van der Waals surface area (Å²) in [4.78, 5) is 4.32. The molecule has 0 bridgehead atoms. The zero-order chi connectivity index (χ0) is 14.7. The number of aliphatic hydroxyl groups is 1. The van der Waals surface area contributed by atoms with Crippen LogP contribution in [-0.4, -0.2) is 35.5 Å². The van der Waals surface area contributed by atoms with Crippen molar-refractivity contribution in [1.29, 1.82) is 0 Å². The molecule has 1 fully saturated rings. The fraction of sp³-hybridized carbons (Fsp3) is 0.438. The second-order valence-electron chi connectivity index (χ2n) is 5.62. The van der Waals surface area contributed by atoms with Crippen molar-refractivity contribution in [1.82, 2.24) is 4.98 Å². The topological polar surface area (TPSA) is 80.4 Å². The standard InChI is InChI=1S/C16H21N3O2/c17-13-11-19-14-4-2-1-3-12(14)15(13)18-8-5-16(20)6-9-21-10-7-16/h1-4,11,20H,5-10,17H2,(H,18,19). The van der Waals surface area contributed by atoms with Gasteiger partial charge in [0.2, 0.25) is 0 Å². The first kappa shape index (κ1) is 14.1. The summed E-state index contributed by atoms with van der Waals surface area (Å²) in [5.74, 6) is 0. The highest BCUT2D eigenvalue weighted by atomic mass is 16.5. The quantitative estimate of drug-likeness (QED) is 0.803. The van der Waals surface area contributed by atoms with E-state index in [1.807, 2.05) is 24.3 Å². The molecule has 0 saturated carbocycles. The number of hydrogen-bond acceptors (Lipinski definition) is 5. The van der Waals surface area contributed by atoms with Crippen molar-refractivity contribution in [3.63, 3.8) is 0 Å². The zero-order valence-electron chi connectivity index (χ0n) is 12.0. The molecule has 4 N–H and O–H groups in total. The second kappa shape index (κ2) is 5.87. The maximum atomic E-state index is 10.5. The van der Waals surface area contributed by atoms with Gasteiger partial charge in [0, 0.05) is 25.1 Å². The van der Waals surface area contributed by atoms with E-state index in [4.69, 9.17) is 10.5 Å². The molecule has 3 rings (SSSR count). The van der Waals surface area contributed by atoms with E-state index >= 15 is 0 Å². The molecule has 1 aromatic carbocycles. The maximum absolute atomic E-state index is 10.5. The Morgan fingerprint density at radius 1 is 1.29 bits per heavy atom. The van der Waals surface area contributed by atoms with Crippen LogP contribution < -0.4 is 11.1 Å². The summed E-state index contributed by atoms with van der Waals surface area (Å²) in [6.07, 6.45) is 3.75. The van der Waals surface area contributed by atoms with E-state index in [1.165, 1.54) is 0 Å². The minimum Gasteiger partial charge on any atom is -0.396 e. The number of anilines is 2. The number of hydrogen-bond donors (Lipinski definition) is 3. The van der Waals surface area contributed by atoms with Gasteiger partial charge in [0.25, 0.3) is 0 Å². The van der Waals surface area contributed by atoms with Crippen molar-refractivity contribution in [2.24, 2.45) is 0 Å². The van der Waals surface area contributed by atoms with Crippen molar-refractivity contribution in [3.05, 3.63) is 30.5 Å². The number of pyridine rings is 1. The van der Waals surface area contributed by atoms with Crippen LogP contribution in [0, 0.1) is 0 Å². The van der Waals surface area contributed by atoms with Crippen molar-refractivity contribution in [2.45, 2.75) is 24.9 Å². The lowest BCUT2D eigenvalue weighted by Crippen LogP contribution is -2.37. The van der Waals surface area contributed by atoms with Crippen LogP contribution in [0.4, 0.5) is 11.4 Å². The Labute approximate surface area is 124 Å². The SMILES string of the molecule is Nc1cnc2ccccc2c1NCCC1(O)CCOCC1. The molecule has 0 radical (unpaired) electrons. The van der Waals surface area contributed by atoms with Gasteiger partial charge in [-0.15, -0.1) is 0 Å². The third kappa shape index (κ3) is 3.09. The number of nitrogens with one attached hydrogen (secondary N) is 1. The number of para-hydroxylation sites is 1. The molecule has 5 nitrogen and oxygen atoms in total. The van der Waals surface area contributed by atoms with E-state index in [2.05, 4.69) is 10.3 Å². The summed E-state index contributed by atoms with van der Waals surface area (Å²) in [6, 6.07) is 7.90. The number of rotatable bonds is 4. The van der Waals surface area contributed by atoms with Crippen LogP contribution in [0.3, 0.4) is 0 Å². The van der Waals surface area contributed by atoms with Crippen LogP contribution >= 0.6 is 0 Å². The predicted octanol–water partition coefficient (Wildman–Crippen LogP) is 2.16. The van der Waals surface area contributed by atoms with Crippen LogP contribution in [0.15, 0.2) is 30.5 Å².